The summed E-state index contributed by atoms with van der Waals surface area (Å²) in [4.78, 5) is 0.00523. The largest absolute Gasteiger partial charge is 0.389 e. The highest BCUT2D eigenvalue weighted by atomic mass is 32.1. The fraction of sp³-hybridized carbons (Fsp3) is 0.0714. The number of hydrogen-bond acceptors (Lipinski definition) is 2. The molecule has 19 heavy (non-hydrogen) atoms. The molecule has 2 nitrogen and oxygen atoms in total. The van der Waals surface area contributed by atoms with E-state index in [-0.39, 0.29) is 16.4 Å². The molecule has 0 spiro atoms. The normalized spacial score (nSPS) is 10.3. The maximum atomic E-state index is 13.7. The zero-order valence-electron chi connectivity index (χ0n) is 10.2. The molecule has 2 aromatic carbocycles. The van der Waals surface area contributed by atoms with E-state index in [1.807, 2.05) is 0 Å². The van der Waals surface area contributed by atoms with Crippen LogP contribution >= 0.6 is 12.2 Å². The molecule has 0 radical (unpaired) electrons. The summed E-state index contributed by atoms with van der Waals surface area (Å²) < 4.78 is 26.9. The Morgan fingerprint density at radius 2 is 1.84 bits per heavy atom. The Kier molecular flexibility index (Phi) is 3.76. The van der Waals surface area contributed by atoms with Crippen molar-refractivity contribution in [3.05, 3.63) is 59.2 Å². The summed E-state index contributed by atoms with van der Waals surface area (Å²) in [6.45, 7) is 1.78. The minimum Gasteiger partial charge on any atom is -0.389 e. The van der Waals surface area contributed by atoms with Crippen molar-refractivity contribution in [1.29, 1.82) is 0 Å². The van der Waals surface area contributed by atoms with Crippen molar-refractivity contribution in [3.63, 3.8) is 0 Å². The topological polar surface area (TPSA) is 38.0 Å². The van der Waals surface area contributed by atoms with Gasteiger partial charge in [-0.3, -0.25) is 0 Å². The molecular weight excluding hydrogens is 266 g/mol. The molecule has 0 saturated heterocycles. The van der Waals surface area contributed by atoms with E-state index >= 15 is 0 Å². The second-order valence-corrected chi connectivity index (χ2v) is 4.64. The number of hydrogen-bond donors (Lipinski definition) is 2. The Bertz CT molecular complexity index is 621. The van der Waals surface area contributed by atoms with Crippen molar-refractivity contribution in [3.8, 4) is 0 Å². The highest BCUT2D eigenvalue weighted by Crippen LogP contribution is 2.21. The number of thiocarbonyl (C=S) groups is 1. The number of nitrogens with two attached hydrogens (primary N) is 1. The molecule has 0 saturated carbocycles. The van der Waals surface area contributed by atoms with Gasteiger partial charge in [0.15, 0.2) is 0 Å². The number of benzene rings is 2. The van der Waals surface area contributed by atoms with E-state index in [2.05, 4.69) is 5.32 Å². The molecule has 0 amide bonds. The monoisotopic (exact) mass is 278 g/mol. The van der Waals surface area contributed by atoms with E-state index < -0.39 is 5.82 Å². The highest BCUT2D eigenvalue weighted by molar-refractivity contribution is 7.80. The predicted octanol–water partition coefficient (Wildman–Crippen LogP) is 3.65. The Labute approximate surface area is 115 Å². The zero-order chi connectivity index (χ0) is 14.0. The van der Waals surface area contributed by atoms with E-state index in [9.17, 15) is 8.78 Å². The lowest BCUT2D eigenvalue weighted by Gasteiger charge is -2.09. The molecule has 0 fully saturated rings. The molecule has 5 heteroatoms. The molecule has 0 aliphatic carbocycles. The van der Waals surface area contributed by atoms with Crippen molar-refractivity contribution in [2.75, 3.05) is 5.32 Å². The van der Waals surface area contributed by atoms with Gasteiger partial charge >= 0.3 is 0 Å². The van der Waals surface area contributed by atoms with Crippen LogP contribution in [0.15, 0.2) is 36.4 Å². The van der Waals surface area contributed by atoms with Crippen molar-refractivity contribution < 1.29 is 8.78 Å². The van der Waals surface area contributed by atoms with Crippen LogP contribution in [0.25, 0.3) is 0 Å². The minimum absolute atomic E-state index is 0.00523. The summed E-state index contributed by atoms with van der Waals surface area (Å²) in [7, 11) is 0. The van der Waals surface area contributed by atoms with E-state index in [0.29, 0.717) is 11.4 Å². The molecule has 0 aliphatic rings. The standard InChI is InChI=1S/C14H12F2N2S/c1-8-4-9(15)6-11(5-8)18-10-2-3-12(14(17)19)13(16)7-10/h2-7,18H,1H3,(H2,17,19). The van der Waals surface area contributed by atoms with E-state index in [4.69, 9.17) is 18.0 Å². The van der Waals surface area contributed by atoms with Gasteiger partial charge in [-0.2, -0.15) is 0 Å². The Hall–Kier alpha value is -2.01. The lowest BCUT2D eigenvalue weighted by Crippen LogP contribution is -2.11. The predicted molar refractivity (Wildman–Crippen MR) is 76.7 cm³/mol. The van der Waals surface area contributed by atoms with Crippen molar-refractivity contribution in [1.82, 2.24) is 0 Å². The first-order chi connectivity index (χ1) is 8.95. The SMILES string of the molecule is Cc1cc(F)cc(Nc2ccc(C(N)=S)c(F)c2)c1. The fourth-order valence-corrected chi connectivity index (χ4v) is 1.93. The van der Waals surface area contributed by atoms with Gasteiger partial charge in [0.2, 0.25) is 0 Å². The molecule has 0 unspecified atom stereocenters. The fourth-order valence-electron chi connectivity index (χ4n) is 1.77. The van der Waals surface area contributed by atoms with Crippen LogP contribution in [-0.2, 0) is 0 Å². The van der Waals surface area contributed by atoms with Gasteiger partial charge in [-0.15, -0.1) is 0 Å². The quantitative estimate of drug-likeness (QED) is 0.842. The van der Waals surface area contributed by atoms with E-state index in [1.54, 1.807) is 19.1 Å². The first-order valence-corrected chi connectivity index (χ1v) is 6.00. The first kappa shape index (κ1) is 13.4. The molecule has 2 aromatic rings. The Balaban J connectivity index is 2.28. The van der Waals surface area contributed by atoms with Gasteiger partial charge in [0.25, 0.3) is 0 Å². The first-order valence-electron chi connectivity index (χ1n) is 5.59. The Morgan fingerprint density at radius 3 is 2.42 bits per heavy atom. The van der Waals surface area contributed by atoms with Crippen LogP contribution in [0, 0.1) is 18.6 Å². The second-order valence-electron chi connectivity index (χ2n) is 4.20. The number of anilines is 2. The zero-order valence-corrected chi connectivity index (χ0v) is 11.0. The van der Waals surface area contributed by atoms with Gasteiger partial charge in [-0.25, -0.2) is 8.78 Å². The van der Waals surface area contributed by atoms with Gasteiger partial charge in [0.05, 0.1) is 0 Å². The summed E-state index contributed by atoms with van der Waals surface area (Å²) in [6, 6.07) is 8.93. The summed E-state index contributed by atoms with van der Waals surface area (Å²) >= 11 is 4.72. The number of nitrogens with one attached hydrogen (secondary N) is 1. The van der Waals surface area contributed by atoms with Gasteiger partial charge in [-0.1, -0.05) is 12.2 Å². The van der Waals surface area contributed by atoms with E-state index in [1.165, 1.54) is 24.3 Å². The minimum atomic E-state index is -0.509. The summed E-state index contributed by atoms with van der Waals surface area (Å²) in [5.41, 5.74) is 7.41. The van der Waals surface area contributed by atoms with Crippen LogP contribution in [0.2, 0.25) is 0 Å². The molecule has 0 bridgehead atoms. The third-order valence-electron chi connectivity index (χ3n) is 2.57. The Morgan fingerprint density at radius 1 is 1.11 bits per heavy atom. The van der Waals surface area contributed by atoms with Gasteiger partial charge in [0.1, 0.15) is 16.6 Å². The summed E-state index contributed by atoms with van der Waals surface area (Å²) in [5, 5.41) is 2.93. The average Bonchev–Trinajstić information content (AvgIpc) is 2.26. The maximum absolute atomic E-state index is 13.7. The summed E-state index contributed by atoms with van der Waals surface area (Å²) in [6.07, 6.45) is 0. The molecular formula is C14H12F2N2S. The third kappa shape index (κ3) is 3.26. The van der Waals surface area contributed by atoms with Crippen molar-refractivity contribution in [2.24, 2.45) is 5.73 Å². The van der Waals surface area contributed by atoms with Gasteiger partial charge < -0.3 is 11.1 Å². The van der Waals surface area contributed by atoms with Gasteiger partial charge in [-0.05, 0) is 48.9 Å². The second kappa shape index (κ2) is 5.32. The lowest BCUT2D eigenvalue weighted by atomic mass is 10.1. The van der Waals surface area contributed by atoms with Crippen LogP contribution < -0.4 is 11.1 Å². The van der Waals surface area contributed by atoms with Crippen molar-refractivity contribution >= 4 is 28.6 Å². The lowest BCUT2D eigenvalue weighted by molar-refractivity contribution is 0.626. The number of rotatable bonds is 3. The van der Waals surface area contributed by atoms with Gasteiger partial charge in [0, 0.05) is 16.9 Å². The highest BCUT2D eigenvalue weighted by Gasteiger charge is 2.06. The van der Waals surface area contributed by atoms with Crippen LogP contribution in [-0.4, -0.2) is 4.99 Å². The third-order valence-corrected chi connectivity index (χ3v) is 2.79. The van der Waals surface area contributed by atoms with Crippen LogP contribution in [0.5, 0.6) is 0 Å². The van der Waals surface area contributed by atoms with Crippen LogP contribution in [0.3, 0.4) is 0 Å². The molecule has 0 aromatic heterocycles. The molecule has 98 valence electrons. The maximum Gasteiger partial charge on any atom is 0.135 e. The van der Waals surface area contributed by atoms with Crippen LogP contribution in [0.1, 0.15) is 11.1 Å². The molecule has 2 rings (SSSR count). The molecule has 3 N–H and O–H groups in total. The number of aryl methyl sites for hydroxylation is 1. The number of halogens is 2. The summed E-state index contributed by atoms with van der Waals surface area (Å²) in [5.74, 6) is -0.853. The van der Waals surface area contributed by atoms with Crippen LogP contribution in [0.4, 0.5) is 20.2 Å². The molecule has 0 aliphatic heterocycles. The van der Waals surface area contributed by atoms with E-state index in [0.717, 1.165) is 5.56 Å². The van der Waals surface area contributed by atoms with Crippen molar-refractivity contribution in [2.45, 2.75) is 6.92 Å². The smallest absolute Gasteiger partial charge is 0.135 e. The molecule has 0 atom stereocenters. The average molecular weight is 278 g/mol. The molecule has 0 heterocycles.